The first-order chi connectivity index (χ1) is 21.1. The Bertz CT molecular complexity index is 1630. The molecule has 2 atom stereocenters. The summed E-state index contributed by atoms with van der Waals surface area (Å²) in [7, 11) is 0. The lowest BCUT2D eigenvalue weighted by atomic mass is 9.54. The second-order valence-electron chi connectivity index (χ2n) is 13.4. The van der Waals surface area contributed by atoms with Crippen molar-refractivity contribution in [1.29, 1.82) is 0 Å². The van der Waals surface area contributed by atoms with E-state index in [1.165, 1.54) is 12.1 Å². The second kappa shape index (κ2) is 10.8. The Morgan fingerprint density at radius 2 is 1.80 bits per heavy atom. The SMILES string of the molecule is CCc1cccc2c1NC(=O)C21Cc2ccc(NC(=O)CCC3(NCC(N)c4cc(F)cc(F)c4)CC4(COC4)C3)cc2C1. The standard InChI is InChI=1S/C35H38F2N4O3/c1-2-21-4-3-5-28-31(21)41-32(43)35(28)14-22-6-7-27(12-24(22)15-35)40-30(42)8-9-34(17-33(18-34)19-44-20-33)39-16-29(38)23-10-25(36)13-26(37)11-23/h3-7,10-13,29,39H,2,8-9,14-20,38H2,1H3,(H,40,42)(H,41,43). The fourth-order valence-electron chi connectivity index (χ4n) is 8.08. The van der Waals surface area contributed by atoms with E-state index in [2.05, 4.69) is 35.0 Å². The lowest BCUT2D eigenvalue weighted by Crippen LogP contribution is -2.67. The van der Waals surface area contributed by atoms with E-state index in [0.29, 0.717) is 51.0 Å². The highest BCUT2D eigenvalue weighted by Gasteiger charge is 2.58. The fraction of sp³-hybridized carbons (Fsp3) is 0.429. The fourth-order valence-corrected chi connectivity index (χ4v) is 8.08. The van der Waals surface area contributed by atoms with Gasteiger partial charge in [0.1, 0.15) is 11.6 Å². The third kappa shape index (κ3) is 5.01. The number of nitrogens with two attached hydrogens (primary N) is 1. The summed E-state index contributed by atoms with van der Waals surface area (Å²) >= 11 is 0. The average Bonchev–Trinajstić information content (AvgIpc) is 3.47. The molecular formula is C35H38F2N4O3. The number of carbonyl (C=O) groups excluding carboxylic acids is 2. The van der Waals surface area contributed by atoms with Crippen molar-refractivity contribution in [2.75, 3.05) is 30.4 Å². The molecule has 7 nitrogen and oxygen atoms in total. The van der Waals surface area contributed by atoms with Crippen molar-refractivity contribution in [1.82, 2.24) is 5.32 Å². The molecular weight excluding hydrogens is 562 g/mol. The number of hydrogen-bond acceptors (Lipinski definition) is 5. The number of fused-ring (bicyclic) bond motifs is 3. The average molecular weight is 601 g/mol. The third-order valence-corrected chi connectivity index (χ3v) is 10.3. The van der Waals surface area contributed by atoms with Crippen LogP contribution in [0.25, 0.3) is 0 Å². The number of ether oxygens (including phenoxy) is 1. The summed E-state index contributed by atoms with van der Waals surface area (Å²) in [6, 6.07) is 14.9. The van der Waals surface area contributed by atoms with Crippen LogP contribution >= 0.6 is 0 Å². The zero-order valence-corrected chi connectivity index (χ0v) is 24.9. The van der Waals surface area contributed by atoms with Gasteiger partial charge in [-0.1, -0.05) is 31.2 Å². The van der Waals surface area contributed by atoms with Gasteiger partial charge in [0.2, 0.25) is 11.8 Å². The lowest BCUT2D eigenvalue weighted by Gasteiger charge is -2.61. The van der Waals surface area contributed by atoms with Gasteiger partial charge in [-0.05, 0) is 90.6 Å². The molecule has 0 radical (unpaired) electrons. The van der Waals surface area contributed by atoms with Crippen LogP contribution in [0.1, 0.15) is 66.5 Å². The van der Waals surface area contributed by atoms with Gasteiger partial charge in [-0.15, -0.1) is 0 Å². The topological polar surface area (TPSA) is 105 Å². The van der Waals surface area contributed by atoms with Crippen LogP contribution in [0.5, 0.6) is 0 Å². The largest absolute Gasteiger partial charge is 0.380 e. The Labute approximate surface area is 255 Å². The van der Waals surface area contributed by atoms with Crippen LogP contribution in [-0.2, 0) is 39.0 Å². The Morgan fingerprint density at radius 1 is 1.05 bits per heavy atom. The number of rotatable bonds is 9. The minimum absolute atomic E-state index is 0.0466. The number of nitrogens with one attached hydrogen (secondary N) is 3. The van der Waals surface area contributed by atoms with Crippen LogP contribution in [0.2, 0.25) is 0 Å². The van der Waals surface area contributed by atoms with Crippen LogP contribution in [-0.4, -0.2) is 37.1 Å². The minimum atomic E-state index is -0.653. The highest BCUT2D eigenvalue weighted by molar-refractivity contribution is 6.08. The van der Waals surface area contributed by atoms with Crippen molar-refractivity contribution in [3.8, 4) is 0 Å². The first-order valence-corrected chi connectivity index (χ1v) is 15.5. The molecule has 44 heavy (non-hydrogen) atoms. The molecule has 9 heteroatoms. The van der Waals surface area contributed by atoms with Crippen molar-refractivity contribution < 1.29 is 23.1 Å². The van der Waals surface area contributed by atoms with Gasteiger partial charge >= 0.3 is 0 Å². The van der Waals surface area contributed by atoms with Gasteiger partial charge in [0, 0.05) is 47.4 Å². The first-order valence-electron chi connectivity index (χ1n) is 15.5. The number of amides is 2. The normalized spacial score (nSPS) is 22.6. The monoisotopic (exact) mass is 600 g/mol. The third-order valence-electron chi connectivity index (χ3n) is 10.3. The van der Waals surface area contributed by atoms with Crippen LogP contribution in [0, 0.1) is 17.0 Å². The summed E-state index contributed by atoms with van der Waals surface area (Å²) in [5, 5.41) is 9.78. The molecule has 2 aliphatic carbocycles. The second-order valence-corrected chi connectivity index (χ2v) is 13.4. The van der Waals surface area contributed by atoms with Gasteiger partial charge in [-0.3, -0.25) is 9.59 Å². The molecule has 2 amide bonds. The molecule has 7 rings (SSSR count). The Kier molecular flexibility index (Phi) is 7.10. The predicted molar refractivity (Wildman–Crippen MR) is 164 cm³/mol. The molecule has 4 aliphatic rings. The van der Waals surface area contributed by atoms with E-state index in [1.54, 1.807) is 0 Å². The van der Waals surface area contributed by atoms with E-state index in [4.69, 9.17) is 10.5 Å². The summed E-state index contributed by atoms with van der Waals surface area (Å²) in [4.78, 5) is 26.5. The van der Waals surface area contributed by atoms with Crippen LogP contribution < -0.4 is 21.7 Å². The lowest BCUT2D eigenvalue weighted by molar-refractivity contribution is -0.194. The number of benzene rings is 3. The number of anilines is 2. The first kappa shape index (κ1) is 29.1. The molecule has 2 aliphatic heterocycles. The zero-order chi connectivity index (χ0) is 30.7. The molecule has 0 bridgehead atoms. The summed E-state index contributed by atoms with van der Waals surface area (Å²) < 4.78 is 33.0. The van der Waals surface area contributed by atoms with E-state index in [1.807, 2.05) is 24.3 Å². The molecule has 1 saturated heterocycles. The Hall–Kier alpha value is -3.66. The van der Waals surface area contributed by atoms with Gasteiger partial charge in [-0.2, -0.15) is 0 Å². The maximum atomic E-state index is 13.7. The number of carbonyl (C=O) groups is 2. The zero-order valence-electron chi connectivity index (χ0n) is 24.9. The molecule has 5 N–H and O–H groups in total. The molecule has 2 fully saturated rings. The van der Waals surface area contributed by atoms with E-state index >= 15 is 0 Å². The molecule has 1 saturated carbocycles. The molecule has 3 aromatic carbocycles. The summed E-state index contributed by atoms with van der Waals surface area (Å²) in [6.45, 7) is 3.85. The smallest absolute Gasteiger partial charge is 0.235 e. The molecule has 2 spiro atoms. The van der Waals surface area contributed by atoms with Crippen molar-refractivity contribution >= 4 is 23.2 Å². The van der Waals surface area contributed by atoms with Crippen molar-refractivity contribution in [3.63, 3.8) is 0 Å². The van der Waals surface area contributed by atoms with Crippen LogP contribution in [0.4, 0.5) is 20.2 Å². The molecule has 2 heterocycles. The van der Waals surface area contributed by atoms with Gasteiger partial charge in [0.15, 0.2) is 0 Å². The van der Waals surface area contributed by atoms with Gasteiger partial charge in [-0.25, -0.2) is 8.78 Å². The molecule has 3 aromatic rings. The van der Waals surface area contributed by atoms with Gasteiger partial charge in [0.25, 0.3) is 0 Å². The Morgan fingerprint density at radius 3 is 2.50 bits per heavy atom. The quantitative estimate of drug-likeness (QED) is 0.275. The van der Waals surface area contributed by atoms with Crippen molar-refractivity contribution in [3.05, 3.63) is 94.0 Å². The van der Waals surface area contributed by atoms with Crippen molar-refractivity contribution in [2.24, 2.45) is 11.1 Å². The highest BCUT2D eigenvalue weighted by atomic mass is 19.1. The number of halogens is 2. The summed E-state index contributed by atoms with van der Waals surface area (Å²) in [5.74, 6) is -1.34. The number of hydrogen-bond donors (Lipinski definition) is 4. The highest BCUT2D eigenvalue weighted by Crippen LogP contribution is 2.55. The maximum Gasteiger partial charge on any atom is 0.235 e. The van der Waals surface area contributed by atoms with Gasteiger partial charge < -0.3 is 26.4 Å². The van der Waals surface area contributed by atoms with E-state index in [0.717, 1.165) is 59.0 Å². The van der Waals surface area contributed by atoms with Crippen LogP contribution in [0.3, 0.4) is 0 Å². The van der Waals surface area contributed by atoms with E-state index in [9.17, 15) is 18.4 Å². The summed E-state index contributed by atoms with van der Waals surface area (Å²) in [5.41, 5.74) is 12.0. The maximum absolute atomic E-state index is 13.7. The van der Waals surface area contributed by atoms with Crippen molar-refractivity contribution in [2.45, 2.75) is 68.9 Å². The molecule has 2 unspecified atom stereocenters. The summed E-state index contributed by atoms with van der Waals surface area (Å²) in [6.07, 6.45) is 4.74. The number of para-hydroxylation sites is 1. The van der Waals surface area contributed by atoms with E-state index in [-0.39, 0.29) is 22.8 Å². The minimum Gasteiger partial charge on any atom is -0.380 e. The molecule has 0 aromatic heterocycles. The molecule has 230 valence electrons. The van der Waals surface area contributed by atoms with Crippen LogP contribution in [0.15, 0.2) is 54.6 Å². The Balaban J connectivity index is 0.997. The van der Waals surface area contributed by atoms with Gasteiger partial charge in [0.05, 0.1) is 18.6 Å². The predicted octanol–water partition coefficient (Wildman–Crippen LogP) is 5.07. The number of aryl methyl sites for hydroxylation is 1. The van der Waals surface area contributed by atoms with E-state index < -0.39 is 23.1 Å².